The normalized spacial score (nSPS) is 10.4. The molecule has 1 heterocycles. The van der Waals surface area contributed by atoms with Gasteiger partial charge in [0.1, 0.15) is 5.75 Å². The molecule has 0 fully saturated rings. The molecule has 0 unspecified atom stereocenters. The van der Waals surface area contributed by atoms with Crippen LogP contribution in [0.2, 0.25) is 5.02 Å². The van der Waals surface area contributed by atoms with Crippen molar-refractivity contribution in [3.8, 4) is 5.75 Å². The van der Waals surface area contributed by atoms with E-state index in [0.29, 0.717) is 18.2 Å². The van der Waals surface area contributed by atoms with Crippen molar-refractivity contribution >= 4 is 17.6 Å². The fraction of sp³-hybridized carbons (Fsp3) is 0.308. The summed E-state index contributed by atoms with van der Waals surface area (Å²) in [6, 6.07) is 7.15. The van der Waals surface area contributed by atoms with Gasteiger partial charge in [-0.15, -0.1) is 5.10 Å². The third-order valence-corrected chi connectivity index (χ3v) is 2.94. The van der Waals surface area contributed by atoms with E-state index in [-0.39, 0.29) is 5.69 Å². The van der Waals surface area contributed by atoms with Gasteiger partial charge in [-0.3, -0.25) is 0 Å². The van der Waals surface area contributed by atoms with Gasteiger partial charge in [0, 0.05) is 11.6 Å². The quantitative estimate of drug-likeness (QED) is 0.794. The van der Waals surface area contributed by atoms with Crippen LogP contribution in [-0.2, 0) is 6.54 Å². The Morgan fingerprint density at radius 2 is 2.05 bits per heavy atom. The number of aromatic nitrogens is 3. The number of hydrogen-bond donors (Lipinski definition) is 1. The Labute approximate surface area is 120 Å². The van der Waals surface area contributed by atoms with E-state index in [4.69, 9.17) is 21.4 Å². The van der Waals surface area contributed by atoms with Crippen molar-refractivity contribution in [1.29, 1.82) is 0 Å². The van der Waals surface area contributed by atoms with E-state index in [1.807, 2.05) is 12.1 Å². The molecule has 2 rings (SSSR count). The lowest BCUT2D eigenvalue weighted by atomic mass is 10.3. The average molecular weight is 296 g/mol. The monoisotopic (exact) mass is 295 g/mol. The first-order chi connectivity index (χ1) is 9.66. The Morgan fingerprint density at radius 1 is 1.30 bits per heavy atom. The largest absolute Gasteiger partial charge is 0.494 e. The third-order valence-electron chi connectivity index (χ3n) is 2.68. The number of benzene rings is 1. The highest BCUT2D eigenvalue weighted by Crippen LogP contribution is 2.15. The molecule has 0 aliphatic carbocycles. The van der Waals surface area contributed by atoms with Crippen LogP contribution in [0.15, 0.2) is 30.5 Å². The smallest absolute Gasteiger partial charge is 0.355 e. The van der Waals surface area contributed by atoms with E-state index in [2.05, 4.69) is 10.3 Å². The van der Waals surface area contributed by atoms with Crippen molar-refractivity contribution in [2.75, 3.05) is 6.61 Å². The Balaban J connectivity index is 1.70. The van der Waals surface area contributed by atoms with E-state index in [0.717, 1.165) is 18.6 Å². The van der Waals surface area contributed by atoms with Crippen LogP contribution in [0, 0.1) is 0 Å². The second-order valence-corrected chi connectivity index (χ2v) is 4.59. The van der Waals surface area contributed by atoms with Crippen molar-refractivity contribution in [2.45, 2.75) is 19.4 Å². The van der Waals surface area contributed by atoms with Crippen LogP contribution in [0.5, 0.6) is 5.75 Å². The van der Waals surface area contributed by atoms with E-state index in [1.54, 1.807) is 12.1 Å². The second kappa shape index (κ2) is 6.91. The number of hydrogen-bond acceptors (Lipinski definition) is 4. The summed E-state index contributed by atoms with van der Waals surface area (Å²) in [5.41, 5.74) is 0.101. The highest BCUT2D eigenvalue weighted by molar-refractivity contribution is 6.30. The summed E-state index contributed by atoms with van der Waals surface area (Å²) in [6.07, 6.45) is 2.80. The third kappa shape index (κ3) is 3.96. The zero-order valence-corrected chi connectivity index (χ0v) is 11.5. The van der Waals surface area contributed by atoms with Crippen molar-refractivity contribution < 1.29 is 14.6 Å². The van der Waals surface area contributed by atoms with E-state index < -0.39 is 5.97 Å². The summed E-state index contributed by atoms with van der Waals surface area (Å²) in [5, 5.41) is 16.9. The van der Waals surface area contributed by atoms with Crippen LogP contribution in [0.1, 0.15) is 23.3 Å². The molecule has 1 N–H and O–H groups in total. The molecule has 0 aliphatic heterocycles. The first-order valence-corrected chi connectivity index (χ1v) is 6.55. The molecule has 2 aromatic rings. The number of nitrogens with zero attached hydrogens (tertiary/aromatic N) is 3. The predicted molar refractivity (Wildman–Crippen MR) is 73.2 cm³/mol. The molecule has 106 valence electrons. The lowest BCUT2D eigenvalue weighted by Gasteiger charge is -2.06. The van der Waals surface area contributed by atoms with Crippen molar-refractivity contribution in [3.05, 3.63) is 41.2 Å². The zero-order valence-electron chi connectivity index (χ0n) is 10.7. The van der Waals surface area contributed by atoms with Crippen LogP contribution in [0.25, 0.3) is 0 Å². The fourth-order valence-electron chi connectivity index (χ4n) is 1.67. The number of halogens is 1. The van der Waals surface area contributed by atoms with Gasteiger partial charge in [-0.25, -0.2) is 9.48 Å². The summed E-state index contributed by atoms with van der Waals surface area (Å²) < 4.78 is 6.92. The molecular weight excluding hydrogens is 282 g/mol. The molecule has 0 atom stereocenters. The van der Waals surface area contributed by atoms with Crippen LogP contribution < -0.4 is 4.74 Å². The van der Waals surface area contributed by atoms with Gasteiger partial charge >= 0.3 is 5.97 Å². The lowest BCUT2D eigenvalue weighted by Crippen LogP contribution is -2.11. The number of ether oxygens (including phenoxy) is 1. The van der Waals surface area contributed by atoms with Crippen LogP contribution in [-0.4, -0.2) is 32.7 Å². The SMILES string of the molecule is O=C(O)c1cnnn1CCCCOc1ccc(Cl)cc1. The minimum Gasteiger partial charge on any atom is -0.494 e. The number of aryl methyl sites for hydroxylation is 1. The maximum atomic E-state index is 10.8. The minimum absolute atomic E-state index is 0.101. The van der Waals surface area contributed by atoms with Gasteiger partial charge in [-0.1, -0.05) is 16.8 Å². The second-order valence-electron chi connectivity index (χ2n) is 4.16. The number of unbranched alkanes of at least 4 members (excludes halogenated alkanes) is 1. The summed E-state index contributed by atoms with van der Waals surface area (Å²) >= 11 is 5.77. The van der Waals surface area contributed by atoms with Crippen LogP contribution in [0.3, 0.4) is 0 Å². The molecule has 6 nitrogen and oxygen atoms in total. The van der Waals surface area contributed by atoms with E-state index >= 15 is 0 Å². The molecular formula is C13H14ClN3O3. The number of carboxylic acid groups (broad SMARTS) is 1. The summed E-state index contributed by atoms with van der Waals surface area (Å²) in [7, 11) is 0. The molecule has 0 radical (unpaired) electrons. The summed E-state index contributed by atoms with van der Waals surface area (Å²) in [6.45, 7) is 1.06. The molecule has 7 heteroatoms. The lowest BCUT2D eigenvalue weighted by molar-refractivity contribution is 0.0683. The Kier molecular flexibility index (Phi) is 4.95. The molecule has 0 saturated heterocycles. The molecule has 0 amide bonds. The Hall–Kier alpha value is -2.08. The Bertz CT molecular complexity index is 568. The van der Waals surface area contributed by atoms with Crippen molar-refractivity contribution in [1.82, 2.24) is 15.0 Å². The van der Waals surface area contributed by atoms with Crippen LogP contribution in [0.4, 0.5) is 0 Å². The van der Waals surface area contributed by atoms with E-state index in [1.165, 1.54) is 10.9 Å². The molecule has 0 saturated carbocycles. The average Bonchev–Trinajstić information content (AvgIpc) is 2.89. The Morgan fingerprint density at radius 3 is 2.75 bits per heavy atom. The van der Waals surface area contributed by atoms with Crippen LogP contribution >= 0.6 is 11.6 Å². The standard InChI is InChI=1S/C13H14ClN3O3/c14-10-3-5-11(6-4-10)20-8-2-1-7-17-12(13(18)19)9-15-16-17/h3-6,9H,1-2,7-8H2,(H,18,19). The van der Waals surface area contributed by atoms with Crippen molar-refractivity contribution in [2.24, 2.45) is 0 Å². The molecule has 0 bridgehead atoms. The fourth-order valence-corrected chi connectivity index (χ4v) is 1.80. The summed E-state index contributed by atoms with van der Waals surface area (Å²) in [4.78, 5) is 10.8. The molecule has 1 aromatic heterocycles. The molecule has 0 spiro atoms. The maximum absolute atomic E-state index is 10.8. The molecule has 1 aromatic carbocycles. The van der Waals surface area contributed by atoms with Gasteiger partial charge in [0.15, 0.2) is 5.69 Å². The van der Waals surface area contributed by atoms with Gasteiger partial charge in [0.05, 0.1) is 12.8 Å². The predicted octanol–water partition coefficient (Wildman–Crippen LogP) is 2.49. The molecule has 0 aliphatic rings. The van der Waals surface area contributed by atoms with Gasteiger partial charge in [0.2, 0.25) is 0 Å². The molecule has 20 heavy (non-hydrogen) atoms. The number of carbonyl (C=O) groups is 1. The van der Waals surface area contributed by atoms with Gasteiger partial charge in [-0.05, 0) is 37.1 Å². The first-order valence-electron chi connectivity index (χ1n) is 6.17. The first kappa shape index (κ1) is 14.3. The van der Waals surface area contributed by atoms with Gasteiger partial charge in [0.25, 0.3) is 0 Å². The van der Waals surface area contributed by atoms with Gasteiger partial charge < -0.3 is 9.84 Å². The number of aromatic carboxylic acids is 1. The number of rotatable bonds is 7. The number of carboxylic acids is 1. The minimum atomic E-state index is -1.02. The van der Waals surface area contributed by atoms with Gasteiger partial charge in [-0.2, -0.15) is 0 Å². The highest BCUT2D eigenvalue weighted by Gasteiger charge is 2.10. The maximum Gasteiger partial charge on any atom is 0.355 e. The van der Waals surface area contributed by atoms with Crippen molar-refractivity contribution in [3.63, 3.8) is 0 Å². The zero-order chi connectivity index (χ0) is 14.4. The highest BCUT2D eigenvalue weighted by atomic mass is 35.5. The topological polar surface area (TPSA) is 77.2 Å². The van der Waals surface area contributed by atoms with E-state index in [9.17, 15) is 4.79 Å². The summed E-state index contributed by atoms with van der Waals surface area (Å²) in [5.74, 6) is -0.256.